The number of Topliss-reactive ketones (excluding diaryl/α,β-unsaturated/α-hetero) is 2. The number of aliphatic hydroxyl groups excluding tert-OH is 3. The molecule has 13 heteroatoms. The number of hydrogen-bond acceptors (Lipinski definition) is 11. The fourth-order valence-corrected chi connectivity index (χ4v) is 17.0. The van der Waals surface area contributed by atoms with Crippen LogP contribution in [0.3, 0.4) is 0 Å². The quantitative estimate of drug-likeness (QED) is 0.0623. The zero-order chi connectivity index (χ0) is 46.5. The van der Waals surface area contributed by atoms with Gasteiger partial charge in [-0.3, -0.25) is 19.4 Å². The molecule has 10 N–H and O–H groups in total. The average molecular weight is 901 g/mol. The van der Waals surface area contributed by atoms with Crippen molar-refractivity contribution in [3.05, 3.63) is 22.9 Å². The summed E-state index contributed by atoms with van der Waals surface area (Å²) in [6.07, 6.45) is 7.24. The molecule has 0 aromatic carbocycles. The van der Waals surface area contributed by atoms with E-state index in [2.05, 4.69) is 42.1 Å². The number of allylic oxidation sites excluding steroid dienone is 3. The van der Waals surface area contributed by atoms with Crippen molar-refractivity contribution < 1.29 is 44.7 Å². The lowest BCUT2D eigenvalue weighted by molar-refractivity contribution is -0.227. The van der Waals surface area contributed by atoms with Gasteiger partial charge in [-0.05, 0) is 155 Å². The number of nitrogens with zero attached hydrogens (tertiary/aromatic N) is 1. The van der Waals surface area contributed by atoms with E-state index in [4.69, 9.17) is 16.2 Å². The zero-order valence-corrected chi connectivity index (χ0v) is 39.3. The predicted molar refractivity (Wildman–Crippen MR) is 244 cm³/mol. The molecule has 20 unspecified atom stereocenters. The number of ether oxygens (including phenoxy) is 1. The molecule has 0 aromatic heterocycles. The number of aliphatic imine (C=N–C) groups is 1. The number of carbonyl (C=O) groups excluding carboxylic acids is 3. The number of hydrogen-bond donors (Lipinski definition) is 8. The van der Waals surface area contributed by atoms with Gasteiger partial charge >= 0.3 is 5.97 Å². The standard InChI is InChI=1S/C52H76N4O9/c1-26-9-10-29-12-14-35-27(2)16-41(60)50(5,63)47-32(8-6-7-30(17-37(35)36(29)15-26)33-18-42(61)65-25-33)21-52(64)44-43(31-11-13-34(24-56-48(53)54)51(47,52)20-31)49(4)22-40(59)39(58)19-38(49)46(62)45(44)55-23-28(3)57/h12,26-27,30-41,43,47,55,58-60,63-64H,8-11,13-25H2,1-5H3,(H4,53,54,56). The number of ketones is 2. The van der Waals surface area contributed by atoms with Crippen LogP contribution in [0.25, 0.3) is 0 Å². The third kappa shape index (κ3) is 7.53. The van der Waals surface area contributed by atoms with Gasteiger partial charge in [0.15, 0.2) is 11.7 Å². The molecule has 20 atom stereocenters. The van der Waals surface area contributed by atoms with Crippen molar-refractivity contribution in [1.82, 2.24) is 5.32 Å². The summed E-state index contributed by atoms with van der Waals surface area (Å²) in [6.45, 7) is 10.1. The Balaban J connectivity index is 1.23. The molecule has 358 valence electrons. The van der Waals surface area contributed by atoms with Crippen LogP contribution < -0.4 is 16.8 Å². The van der Waals surface area contributed by atoms with E-state index < -0.39 is 64.0 Å². The van der Waals surface area contributed by atoms with Gasteiger partial charge in [0.2, 0.25) is 0 Å². The van der Waals surface area contributed by atoms with E-state index in [9.17, 15) is 35.1 Å². The Morgan fingerprint density at radius 3 is 2.43 bits per heavy atom. The van der Waals surface area contributed by atoms with Gasteiger partial charge in [-0.1, -0.05) is 38.3 Å². The summed E-state index contributed by atoms with van der Waals surface area (Å²) in [4.78, 5) is 45.2. The van der Waals surface area contributed by atoms with Crippen LogP contribution in [0.1, 0.15) is 125 Å². The van der Waals surface area contributed by atoms with Crippen molar-refractivity contribution in [1.29, 1.82) is 0 Å². The van der Waals surface area contributed by atoms with Crippen LogP contribution in [0.15, 0.2) is 27.9 Å². The maximum atomic E-state index is 15.1. The van der Waals surface area contributed by atoms with Gasteiger partial charge in [0.25, 0.3) is 0 Å². The Bertz CT molecular complexity index is 2090. The smallest absolute Gasteiger partial charge is 0.306 e. The van der Waals surface area contributed by atoms with Gasteiger partial charge in [0.05, 0.1) is 54.8 Å². The predicted octanol–water partition coefficient (Wildman–Crippen LogP) is 3.93. The van der Waals surface area contributed by atoms with Crippen LogP contribution >= 0.6 is 0 Å². The van der Waals surface area contributed by atoms with E-state index in [1.54, 1.807) is 6.92 Å². The maximum Gasteiger partial charge on any atom is 0.306 e. The van der Waals surface area contributed by atoms with Gasteiger partial charge < -0.3 is 47.1 Å². The number of nitrogens with two attached hydrogens (primary N) is 2. The molecule has 0 aromatic rings. The first kappa shape index (κ1) is 46.8. The normalized spacial score (nSPS) is 49.2. The first-order valence-corrected chi connectivity index (χ1v) is 25.1. The highest BCUT2D eigenvalue weighted by atomic mass is 16.5. The Kier molecular flexibility index (Phi) is 12.3. The second kappa shape index (κ2) is 17.0. The molecule has 8 aliphatic carbocycles. The molecule has 13 nitrogen and oxygen atoms in total. The number of nitrogens with one attached hydrogen (secondary N) is 1. The Morgan fingerprint density at radius 2 is 1.72 bits per heavy atom. The number of cyclic esters (lactones) is 1. The third-order valence-corrected chi connectivity index (χ3v) is 19.8. The van der Waals surface area contributed by atoms with Crippen LogP contribution in [0.2, 0.25) is 0 Å². The van der Waals surface area contributed by atoms with Crippen molar-refractivity contribution in [2.24, 2.45) is 104 Å². The second-order valence-electron chi connectivity index (χ2n) is 23.5. The summed E-state index contributed by atoms with van der Waals surface area (Å²) in [6, 6.07) is 0. The summed E-state index contributed by atoms with van der Waals surface area (Å²) in [5.41, 5.74) is 8.85. The molecule has 9 rings (SSSR count). The molecular formula is C52H76N4O9. The summed E-state index contributed by atoms with van der Waals surface area (Å²) >= 11 is 0. The second-order valence-corrected chi connectivity index (χ2v) is 23.5. The largest absolute Gasteiger partial charge is 0.465 e. The molecule has 1 aliphatic heterocycles. The highest BCUT2D eigenvalue weighted by Gasteiger charge is 2.78. The fourth-order valence-electron chi connectivity index (χ4n) is 17.0. The highest BCUT2D eigenvalue weighted by molar-refractivity contribution is 6.00. The van der Waals surface area contributed by atoms with Gasteiger partial charge in [0.1, 0.15) is 5.78 Å². The van der Waals surface area contributed by atoms with Crippen molar-refractivity contribution in [2.75, 3.05) is 19.7 Å². The van der Waals surface area contributed by atoms with Crippen LogP contribution in [0, 0.1) is 99.6 Å². The van der Waals surface area contributed by atoms with Crippen molar-refractivity contribution in [3.8, 4) is 11.8 Å². The molecular weight excluding hydrogens is 825 g/mol. The first-order chi connectivity index (χ1) is 30.7. The molecule has 1 heterocycles. The number of carbonyl (C=O) groups is 3. The SMILES string of the molecule is CC(=O)CNC1=C2C(C3CCC(CN=C(N)N)C4(C3)C3C(CC#CC(C5COC(=O)C5)CC5C6CC(C)CCC6=CCC5C(C)CC(O)C3(C)O)CC24O)C2(C)CC(O)C(O)CC2C1=O. The molecule has 0 amide bonds. The van der Waals surface area contributed by atoms with Gasteiger partial charge in [-0.15, -0.1) is 5.92 Å². The topological polar surface area (TPSA) is 238 Å². The summed E-state index contributed by atoms with van der Waals surface area (Å²) in [5, 5.41) is 66.3. The zero-order valence-electron chi connectivity index (χ0n) is 39.3. The number of rotatable bonds is 6. The summed E-state index contributed by atoms with van der Waals surface area (Å²) < 4.78 is 5.60. The van der Waals surface area contributed by atoms with Crippen molar-refractivity contribution in [3.63, 3.8) is 0 Å². The number of aliphatic hydroxyl groups is 5. The minimum atomic E-state index is -1.76. The lowest BCUT2D eigenvalue weighted by Gasteiger charge is -2.68. The summed E-state index contributed by atoms with van der Waals surface area (Å²) in [5.74, 6) is 5.18. The van der Waals surface area contributed by atoms with Crippen LogP contribution in [0.5, 0.6) is 0 Å². The van der Waals surface area contributed by atoms with Crippen molar-refractivity contribution in [2.45, 2.75) is 154 Å². The van der Waals surface area contributed by atoms with E-state index in [0.29, 0.717) is 62.0 Å². The molecule has 65 heavy (non-hydrogen) atoms. The van der Waals surface area contributed by atoms with E-state index in [-0.39, 0.29) is 103 Å². The molecule has 6 fully saturated rings. The lowest BCUT2D eigenvalue weighted by Crippen LogP contribution is -2.70. The monoisotopic (exact) mass is 901 g/mol. The minimum absolute atomic E-state index is 0.0156. The van der Waals surface area contributed by atoms with Crippen molar-refractivity contribution >= 4 is 23.5 Å². The van der Waals surface area contributed by atoms with Crippen LogP contribution in [-0.2, 0) is 19.1 Å². The first-order valence-electron chi connectivity index (χ1n) is 25.1. The molecule has 2 bridgehead atoms. The van der Waals surface area contributed by atoms with Crippen LogP contribution in [0.4, 0.5) is 0 Å². The Labute approximate surface area is 385 Å². The van der Waals surface area contributed by atoms with Crippen LogP contribution in [-0.4, -0.2) is 98.2 Å². The van der Waals surface area contributed by atoms with Gasteiger partial charge in [-0.2, -0.15) is 0 Å². The van der Waals surface area contributed by atoms with Gasteiger partial charge in [-0.25, -0.2) is 0 Å². The average Bonchev–Trinajstić information content (AvgIpc) is 3.78. The Morgan fingerprint density at radius 1 is 0.954 bits per heavy atom. The van der Waals surface area contributed by atoms with E-state index in [1.807, 2.05) is 6.92 Å². The minimum Gasteiger partial charge on any atom is -0.465 e. The number of esters is 1. The summed E-state index contributed by atoms with van der Waals surface area (Å²) in [7, 11) is 0. The number of guanidine groups is 1. The molecule has 5 saturated carbocycles. The molecule has 1 spiro atoms. The van der Waals surface area contributed by atoms with Gasteiger partial charge in [0, 0.05) is 42.1 Å². The molecule has 1 saturated heterocycles. The highest BCUT2D eigenvalue weighted by Crippen LogP contribution is 2.77. The van der Waals surface area contributed by atoms with E-state index >= 15 is 4.79 Å². The van der Waals surface area contributed by atoms with E-state index in [0.717, 1.165) is 25.7 Å². The lowest BCUT2D eigenvalue weighted by atomic mass is 9.37. The molecule has 9 aliphatic rings. The van der Waals surface area contributed by atoms with E-state index in [1.165, 1.54) is 18.9 Å². The Hall–Kier alpha value is -3.28. The third-order valence-electron chi connectivity index (χ3n) is 19.8. The number of fused-ring (bicyclic) bond motifs is 10. The molecule has 0 radical (unpaired) electrons. The maximum absolute atomic E-state index is 15.1. The fraction of sp³-hybridized carbons (Fsp3) is 0.808.